The third kappa shape index (κ3) is 2.65. The number of H-pyrrole nitrogens is 1. The molecule has 1 aromatic carbocycles. The first-order chi connectivity index (χ1) is 7.18. The molecule has 0 radical (unpaired) electrons. The molecule has 0 unspecified atom stereocenters. The third-order valence-electron chi connectivity index (χ3n) is 2.43. The molecule has 0 aliphatic rings. The van der Waals surface area contributed by atoms with Crippen LogP contribution in [0.5, 0.6) is 0 Å². The van der Waals surface area contributed by atoms with Crippen molar-refractivity contribution >= 4 is 46.4 Å². The van der Waals surface area contributed by atoms with Gasteiger partial charge >= 0.3 is 35.5 Å². The molecule has 1 atom stereocenters. The van der Waals surface area contributed by atoms with E-state index in [-0.39, 0.29) is 29.6 Å². The van der Waals surface area contributed by atoms with Crippen molar-refractivity contribution in [1.82, 2.24) is 4.98 Å². The van der Waals surface area contributed by atoms with Gasteiger partial charge in [0.1, 0.15) is 6.04 Å². The number of hydrogen-bond acceptors (Lipinski definition) is 2. The maximum atomic E-state index is 10.6. The molecule has 0 saturated heterocycles. The Morgan fingerprint density at radius 2 is 2.12 bits per heavy atom. The Morgan fingerprint density at radius 3 is 2.81 bits per heavy atom. The van der Waals surface area contributed by atoms with Crippen LogP contribution < -0.4 is 5.73 Å². The van der Waals surface area contributed by atoms with Gasteiger partial charge in [0.15, 0.2) is 0 Å². The Balaban J connectivity index is 0.00000128. The van der Waals surface area contributed by atoms with Gasteiger partial charge in [0.2, 0.25) is 0 Å². The molecular formula is C11H13N2NaO2. The van der Waals surface area contributed by atoms with Crippen molar-refractivity contribution in [2.24, 2.45) is 5.73 Å². The molecule has 2 aromatic rings. The molecule has 0 bridgehead atoms. The maximum absolute atomic E-state index is 10.6. The summed E-state index contributed by atoms with van der Waals surface area (Å²) in [5.41, 5.74) is 7.43. The number of hydrogen-bond donors (Lipinski definition) is 3. The van der Waals surface area contributed by atoms with Gasteiger partial charge in [0.25, 0.3) is 0 Å². The Kier molecular flexibility index (Phi) is 4.56. The van der Waals surface area contributed by atoms with Crippen molar-refractivity contribution in [1.29, 1.82) is 0 Å². The average Bonchev–Trinajstić information content (AvgIpc) is 2.62. The van der Waals surface area contributed by atoms with Gasteiger partial charge in [-0.3, -0.25) is 4.79 Å². The number of para-hydroxylation sites is 1. The van der Waals surface area contributed by atoms with Crippen LogP contribution in [0.3, 0.4) is 0 Å². The molecule has 0 fully saturated rings. The summed E-state index contributed by atoms with van der Waals surface area (Å²) in [6.45, 7) is 0. The van der Waals surface area contributed by atoms with E-state index in [9.17, 15) is 4.79 Å². The van der Waals surface area contributed by atoms with E-state index in [1.165, 1.54) is 0 Å². The molecule has 16 heavy (non-hydrogen) atoms. The average molecular weight is 228 g/mol. The van der Waals surface area contributed by atoms with Crippen molar-refractivity contribution in [2.45, 2.75) is 12.5 Å². The summed E-state index contributed by atoms with van der Waals surface area (Å²) in [7, 11) is 0. The number of rotatable bonds is 3. The van der Waals surface area contributed by atoms with Gasteiger partial charge in [-0.25, -0.2) is 0 Å². The van der Waals surface area contributed by atoms with Gasteiger partial charge in [-0.1, -0.05) is 18.2 Å². The Morgan fingerprint density at radius 1 is 1.44 bits per heavy atom. The summed E-state index contributed by atoms with van der Waals surface area (Å²) in [6.07, 6.45) is 2.16. The number of carboxylic acids is 1. The molecular weight excluding hydrogens is 215 g/mol. The van der Waals surface area contributed by atoms with Gasteiger partial charge in [0, 0.05) is 23.5 Å². The zero-order valence-corrected chi connectivity index (χ0v) is 8.10. The van der Waals surface area contributed by atoms with Crippen LogP contribution in [0.2, 0.25) is 0 Å². The summed E-state index contributed by atoms with van der Waals surface area (Å²) >= 11 is 0. The number of carbonyl (C=O) groups is 1. The van der Waals surface area contributed by atoms with Gasteiger partial charge in [0.05, 0.1) is 0 Å². The molecule has 0 aliphatic carbocycles. The number of nitrogens with two attached hydrogens (primary N) is 1. The monoisotopic (exact) mass is 228 g/mol. The Bertz CT molecular complexity index is 495. The van der Waals surface area contributed by atoms with E-state index in [0.717, 1.165) is 16.5 Å². The number of aromatic nitrogens is 1. The second kappa shape index (κ2) is 5.50. The van der Waals surface area contributed by atoms with E-state index in [1.807, 2.05) is 30.5 Å². The van der Waals surface area contributed by atoms with Crippen LogP contribution in [0.25, 0.3) is 10.9 Å². The molecule has 4 N–H and O–H groups in total. The van der Waals surface area contributed by atoms with Gasteiger partial charge in [-0.2, -0.15) is 0 Å². The van der Waals surface area contributed by atoms with Crippen LogP contribution in [0.4, 0.5) is 0 Å². The number of nitrogens with one attached hydrogen (secondary N) is 1. The minimum absolute atomic E-state index is 0. The summed E-state index contributed by atoms with van der Waals surface area (Å²) in [6, 6.07) is 6.91. The topological polar surface area (TPSA) is 79.1 Å². The summed E-state index contributed by atoms with van der Waals surface area (Å²) in [5.74, 6) is -0.972. The fraction of sp³-hybridized carbons (Fsp3) is 0.182. The van der Waals surface area contributed by atoms with Gasteiger partial charge < -0.3 is 15.8 Å². The van der Waals surface area contributed by atoms with Crippen LogP contribution in [-0.2, 0) is 11.2 Å². The van der Waals surface area contributed by atoms with Crippen LogP contribution in [0, 0.1) is 0 Å². The number of aliphatic carboxylic acids is 1. The standard InChI is InChI=1S/C11H12N2O2.Na.H/c12-9(11(14)15)5-7-6-13-10-4-2-1-3-8(7)10;;/h1-4,6,9,13H,5,12H2,(H,14,15);;/t9-;;/m1../s1. The molecule has 0 spiro atoms. The van der Waals surface area contributed by atoms with Crippen molar-refractivity contribution in [3.05, 3.63) is 36.0 Å². The molecule has 80 valence electrons. The van der Waals surface area contributed by atoms with Gasteiger partial charge in [-0.05, 0) is 11.6 Å². The van der Waals surface area contributed by atoms with Crippen LogP contribution >= 0.6 is 0 Å². The molecule has 1 heterocycles. The number of aromatic amines is 1. The fourth-order valence-corrected chi connectivity index (χ4v) is 1.62. The van der Waals surface area contributed by atoms with Crippen LogP contribution in [-0.4, -0.2) is 51.7 Å². The van der Waals surface area contributed by atoms with Crippen molar-refractivity contribution in [2.75, 3.05) is 0 Å². The normalized spacial score (nSPS) is 12.1. The van der Waals surface area contributed by atoms with E-state index in [0.29, 0.717) is 6.42 Å². The van der Waals surface area contributed by atoms with Crippen LogP contribution in [0.15, 0.2) is 30.5 Å². The van der Waals surface area contributed by atoms with Crippen molar-refractivity contribution < 1.29 is 9.90 Å². The van der Waals surface area contributed by atoms with Crippen molar-refractivity contribution in [3.63, 3.8) is 0 Å². The van der Waals surface area contributed by atoms with E-state index in [1.54, 1.807) is 0 Å². The van der Waals surface area contributed by atoms with E-state index < -0.39 is 12.0 Å². The Labute approximate surface area is 115 Å². The summed E-state index contributed by atoms with van der Waals surface area (Å²) in [5, 5.41) is 9.75. The van der Waals surface area contributed by atoms with Gasteiger partial charge in [-0.15, -0.1) is 0 Å². The number of carboxylic acid groups (broad SMARTS) is 1. The fourth-order valence-electron chi connectivity index (χ4n) is 1.62. The molecule has 4 nitrogen and oxygen atoms in total. The first kappa shape index (κ1) is 13.3. The van der Waals surface area contributed by atoms with E-state index in [4.69, 9.17) is 10.8 Å². The number of benzene rings is 1. The van der Waals surface area contributed by atoms with E-state index in [2.05, 4.69) is 4.98 Å². The molecule has 0 aliphatic heterocycles. The zero-order chi connectivity index (χ0) is 10.8. The first-order valence-electron chi connectivity index (χ1n) is 4.72. The predicted molar refractivity (Wildman–Crippen MR) is 64.8 cm³/mol. The second-order valence-electron chi connectivity index (χ2n) is 3.51. The third-order valence-corrected chi connectivity index (χ3v) is 2.43. The molecule has 1 aromatic heterocycles. The molecule has 2 rings (SSSR count). The summed E-state index contributed by atoms with van der Waals surface area (Å²) < 4.78 is 0. The molecule has 0 amide bonds. The minimum atomic E-state index is -0.972. The SMILES string of the molecule is N[C@H](Cc1c[nH]c2ccccc12)C(=O)O.[NaH]. The van der Waals surface area contributed by atoms with Crippen molar-refractivity contribution in [3.8, 4) is 0 Å². The summed E-state index contributed by atoms with van der Waals surface area (Å²) in [4.78, 5) is 13.7. The number of fused-ring (bicyclic) bond motifs is 1. The van der Waals surface area contributed by atoms with E-state index >= 15 is 0 Å². The van der Waals surface area contributed by atoms with Crippen LogP contribution in [0.1, 0.15) is 5.56 Å². The second-order valence-corrected chi connectivity index (χ2v) is 3.51. The predicted octanol–water partition coefficient (Wildman–Crippen LogP) is 0.474. The molecule has 5 heteroatoms. The zero-order valence-electron chi connectivity index (χ0n) is 8.10. The first-order valence-corrected chi connectivity index (χ1v) is 4.72. The Hall–Kier alpha value is -0.810. The quantitative estimate of drug-likeness (QED) is 0.668. The molecule has 0 saturated carbocycles.